The molecule has 90 valence electrons. The zero-order chi connectivity index (χ0) is 12.7. The zero-order valence-electron chi connectivity index (χ0n) is 10.4. The van der Waals surface area contributed by atoms with Crippen molar-refractivity contribution < 1.29 is 13.9 Å². The van der Waals surface area contributed by atoms with Crippen molar-refractivity contribution in [3.63, 3.8) is 0 Å². The van der Waals surface area contributed by atoms with E-state index >= 15 is 0 Å². The predicted molar refractivity (Wildman–Crippen MR) is 60.1 cm³/mol. The summed E-state index contributed by atoms with van der Waals surface area (Å²) < 4.78 is 27.5. The number of halogens is 2. The second-order valence-corrected chi connectivity index (χ2v) is 5.38. The molecule has 1 nitrogen and oxygen atoms in total. The van der Waals surface area contributed by atoms with Gasteiger partial charge >= 0.3 is 0 Å². The highest BCUT2D eigenvalue weighted by Crippen LogP contribution is 2.41. The van der Waals surface area contributed by atoms with Gasteiger partial charge in [-0.25, -0.2) is 8.78 Å². The number of aryl methyl sites for hydroxylation is 1. The molecule has 0 fully saturated rings. The normalized spacial score (nSPS) is 16.0. The first kappa shape index (κ1) is 13.1. The first-order valence-corrected chi connectivity index (χ1v) is 5.26. The molecular weight excluding hydrogens is 210 g/mol. The van der Waals surface area contributed by atoms with Gasteiger partial charge in [-0.05, 0) is 30.9 Å². The zero-order valence-corrected chi connectivity index (χ0v) is 10.4. The Labute approximate surface area is 95.1 Å². The van der Waals surface area contributed by atoms with Crippen LogP contribution >= 0.6 is 0 Å². The summed E-state index contributed by atoms with van der Waals surface area (Å²) in [5.74, 6) is -1.37. The lowest BCUT2D eigenvalue weighted by molar-refractivity contribution is -0.0526. The Kier molecular flexibility index (Phi) is 3.12. The number of rotatable bonds is 1. The average Bonchev–Trinajstić information content (AvgIpc) is 2.10. The summed E-state index contributed by atoms with van der Waals surface area (Å²) in [6.45, 7) is 8.22. The Balaban J connectivity index is 3.50. The van der Waals surface area contributed by atoms with Crippen LogP contribution in [-0.2, 0) is 5.60 Å². The van der Waals surface area contributed by atoms with Crippen LogP contribution in [0.3, 0.4) is 0 Å². The quantitative estimate of drug-likeness (QED) is 0.779. The van der Waals surface area contributed by atoms with Gasteiger partial charge in [0, 0.05) is 0 Å². The molecule has 3 heteroatoms. The molecule has 1 aromatic carbocycles. The van der Waals surface area contributed by atoms with Crippen molar-refractivity contribution >= 4 is 0 Å². The molecule has 0 saturated heterocycles. The Bertz CT molecular complexity index is 403. The van der Waals surface area contributed by atoms with Crippen molar-refractivity contribution in [3.8, 4) is 0 Å². The van der Waals surface area contributed by atoms with Crippen LogP contribution in [0.5, 0.6) is 0 Å². The van der Waals surface area contributed by atoms with E-state index in [4.69, 9.17) is 0 Å². The number of hydrogen-bond acceptors (Lipinski definition) is 1. The largest absolute Gasteiger partial charge is 0.385 e. The minimum absolute atomic E-state index is 0.250. The summed E-state index contributed by atoms with van der Waals surface area (Å²) >= 11 is 0. The van der Waals surface area contributed by atoms with Crippen molar-refractivity contribution in [2.75, 3.05) is 0 Å². The molecule has 0 aliphatic carbocycles. The van der Waals surface area contributed by atoms with Crippen LogP contribution in [-0.4, -0.2) is 5.11 Å². The standard InChI is InChI=1S/C13H18F2O/c1-8-6-7-9(14)10(11(8)15)13(5,16)12(2,3)4/h6-7,16H,1-5H3. The SMILES string of the molecule is Cc1ccc(F)c(C(C)(O)C(C)(C)C)c1F. The van der Waals surface area contributed by atoms with E-state index in [2.05, 4.69) is 0 Å². The molecule has 0 aromatic heterocycles. The van der Waals surface area contributed by atoms with Crippen LogP contribution in [0.25, 0.3) is 0 Å². The summed E-state index contributed by atoms with van der Waals surface area (Å²) in [5.41, 5.74) is -2.11. The van der Waals surface area contributed by atoms with Gasteiger partial charge in [0.1, 0.15) is 11.6 Å². The molecule has 0 spiro atoms. The minimum Gasteiger partial charge on any atom is -0.385 e. The van der Waals surface area contributed by atoms with Crippen molar-refractivity contribution in [2.24, 2.45) is 5.41 Å². The van der Waals surface area contributed by atoms with E-state index in [0.29, 0.717) is 5.56 Å². The molecule has 1 rings (SSSR count). The van der Waals surface area contributed by atoms with Gasteiger partial charge in [-0.15, -0.1) is 0 Å². The Morgan fingerprint density at radius 3 is 2.00 bits per heavy atom. The molecule has 1 N–H and O–H groups in total. The highest BCUT2D eigenvalue weighted by Gasteiger charge is 2.41. The third-order valence-electron chi connectivity index (χ3n) is 3.23. The van der Waals surface area contributed by atoms with Gasteiger partial charge in [-0.1, -0.05) is 26.8 Å². The van der Waals surface area contributed by atoms with E-state index in [1.165, 1.54) is 19.1 Å². The van der Waals surface area contributed by atoms with Crippen molar-refractivity contribution in [3.05, 3.63) is 34.9 Å². The van der Waals surface area contributed by atoms with Gasteiger partial charge < -0.3 is 5.11 Å². The fraction of sp³-hybridized carbons (Fsp3) is 0.538. The van der Waals surface area contributed by atoms with E-state index < -0.39 is 22.7 Å². The lowest BCUT2D eigenvalue weighted by Crippen LogP contribution is -2.38. The van der Waals surface area contributed by atoms with Crippen LogP contribution in [0.15, 0.2) is 12.1 Å². The monoisotopic (exact) mass is 228 g/mol. The van der Waals surface area contributed by atoms with Crippen LogP contribution in [0.1, 0.15) is 38.8 Å². The maximum Gasteiger partial charge on any atom is 0.135 e. The molecule has 0 saturated carbocycles. The Hall–Kier alpha value is -0.960. The molecular formula is C13H18F2O. The summed E-state index contributed by atoms with van der Waals surface area (Å²) in [7, 11) is 0. The van der Waals surface area contributed by atoms with E-state index in [-0.39, 0.29) is 5.56 Å². The van der Waals surface area contributed by atoms with Gasteiger partial charge in [-0.3, -0.25) is 0 Å². The highest BCUT2D eigenvalue weighted by molar-refractivity contribution is 5.32. The van der Waals surface area contributed by atoms with Crippen LogP contribution in [0.4, 0.5) is 8.78 Å². The molecule has 0 heterocycles. The smallest absolute Gasteiger partial charge is 0.135 e. The van der Waals surface area contributed by atoms with Crippen molar-refractivity contribution in [1.29, 1.82) is 0 Å². The fourth-order valence-corrected chi connectivity index (χ4v) is 1.48. The van der Waals surface area contributed by atoms with Gasteiger partial charge in [-0.2, -0.15) is 0 Å². The van der Waals surface area contributed by atoms with E-state index in [0.717, 1.165) is 0 Å². The average molecular weight is 228 g/mol. The first-order chi connectivity index (χ1) is 7.09. The summed E-state index contributed by atoms with van der Waals surface area (Å²) in [4.78, 5) is 0. The van der Waals surface area contributed by atoms with Gasteiger partial charge in [0.05, 0.1) is 11.2 Å². The fourth-order valence-electron chi connectivity index (χ4n) is 1.48. The molecule has 1 unspecified atom stereocenters. The van der Waals surface area contributed by atoms with Gasteiger partial charge in [0.2, 0.25) is 0 Å². The molecule has 0 aliphatic heterocycles. The second kappa shape index (κ2) is 3.81. The van der Waals surface area contributed by atoms with Crippen molar-refractivity contribution in [1.82, 2.24) is 0 Å². The predicted octanol–water partition coefficient (Wildman–Crippen LogP) is 3.53. The molecule has 0 radical (unpaired) electrons. The van der Waals surface area contributed by atoms with Crippen LogP contribution in [0, 0.1) is 24.0 Å². The molecule has 0 amide bonds. The maximum atomic E-state index is 13.9. The highest BCUT2D eigenvalue weighted by atomic mass is 19.1. The van der Waals surface area contributed by atoms with Crippen molar-refractivity contribution in [2.45, 2.75) is 40.2 Å². The second-order valence-electron chi connectivity index (χ2n) is 5.38. The number of hydrogen-bond donors (Lipinski definition) is 1. The minimum atomic E-state index is -1.55. The Morgan fingerprint density at radius 1 is 1.06 bits per heavy atom. The maximum absolute atomic E-state index is 13.9. The lowest BCUT2D eigenvalue weighted by atomic mass is 9.73. The Morgan fingerprint density at radius 2 is 1.56 bits per heavy atom. The summed E-state index contributed by atoms with van der Waals surface area (Å²) in [6, 6.07) is 2.56. The molecule has 1 aromatic rings. The van der Waals surface area contributed by atoms with E-state index in [1.54, 1.807) is 27.7 Å². The van der Waals surface area contributed by atoms with E-state index in [9.17, 15) is 13.9 Å². The van der Waals surface area contributed by atoms with Crippen LogP contribution in [0.2, 0.25) is 0 Å². The molecule has 16 heavy (non-hydrogen) atoms. The third-order valence-corrected chi connectivity index (χ3v) is 3.23. The summed E-state index contributed by atoms with van der Waals surface area (Å²) in [6.07, 6.45) is 0. The lowest BCUT2D eigenvalue weighted by Gasteiger charge is -2.38. The molecule has 0 bridgehead atoms. The topological polar surface area (TPSA) is 20.2 Å². The van der Waals surface area contributed by atoms with Gasteiger partial charge in [0.25, 0.3) is 0 Å². The third kappa shape index (κ3) is 1.96. The molecule has 0 aliphatic rings. The number of aliphatic hydroxyl groups is 1. The van der Waals surface area contributed by atoms with E-state index in [1.807, 2.05) is 0 Å². The number of benzene rings is 1. The first-order valence-electron chi connectivity index (χ1n) is 5.26. The molecule has 1 atom stereocenters. The van der Waals surface area contributed by atoms with Gasteiger partial charge in [0.15, 0.2) is 0 Å². The van der Waals surface area contributed by atoms with Crippen LogP contribution < -0.4 is 0 Å². The summed E-state index contributed by atoms with van der Waals surface area (Å²) in [5, 5.41) is 10.3.